The molecular weight excluding hydrogens is 212 g/mol. The maximum absolute atomic E-state index is 5.86. The third kappa shape index (κ3) is 2.03. The summed E-state index contributed by atoms with van der Waals surface area (Å²) >= 11 is 5.85. The standard InChI is InChI=1S/C12H15ClO2/c1-3-12(14-8-9(2)15-12)10-4-6-11(13)7-5-10/h4-7,9H,3,8H2,1-2H3. The van der Waals surface area contributed by atoms with Gasteiger partial charge in [0.25, 0.3) is 0 Å². The minimum absolute atomic E-state index is 0.153. The summed E-state index contributed by atoms with van der Waals surface area (Å²) in [6, 6.07) is 7.65. The summed E-state index contributed by atoms with van der Waals surface area (Å²) in [7, 11) is 0. The lowest BCUT2D eigenvalue weighted by molar-refractivity contribution is -0.177. The molecule has 15 heavy (non-hydrogen) atoms. The first kappa shape index (κ1) is 10.9. The van der Waals surface area contributed by atoms with Crippen molar-refractivity contribution < 1.29 is 9.47 Å². The fourth-order valence-electron chi connectivity index (χ4n) is 1.89. The van der Waals surface area contributed by atoms with Gasteiger partial charge < -0.3 is 9.47 Å². The first-order valence-corrected chi connectivity index (χ1v) is 5.62. The van der Waals surface area contributed by atoms with Crippen molar-refractivity contribution >= 4 is 11.6 Å². The summed E-state index contributed by atoms with van der Waals surface area (Å²) < 4.78 is 11.6. The van der Waals surface area contributed by atoms with E-state index in [2.05, 4.69) is 6.92 Å². The Labute approximate surface area is 95.1 Å². The van der Waals surface area contributed by atoms with Crippen LogP contribution >= 0.6 is 11.6 Å². The highest BCUT2D eigenvalue weighted by Gasteiger charge is 2.39. The van der Waals surface area contributed by atoms with Gasteiger partial charge in [0.2, 0.25) is 0 Å². The van der Waals surface area contributed by atoms with Crippen LogP contribution in [-0.4, -0.2) is 12.7 Å². The molecule has 0 radical (unpaired) electrons. The Balaban J connectivity index is 2.30. The van der Waals surface area contributed by atoms with E-state index in [1.807, 2.05) is 31.2 Å². The molecule has 1 heterocycles. The zero-order valence-electron chi connectivity index (χ0n) is 9.00. The van der Waals surface area contributed by atoms with Crippen molar-refractivity contribution in [2.45, 2.75) is 32.2 Å². The number of benzene rings is 1. The molecule has 1 fully saturated rings. The van der Waals surface area contributed by atoms with Crippen molar-refractivity contribution in [1.82, 2.24) is 0 Å². The lowest BCUT2D eigenvalue weighted by atomic mass is 10.0. The zero-order valence-corrected chi connectivity index (χ0v) is 9.75. The highest BCUT2D eigenvalue weighted by atomic mass is 35.5. The van der Waals surface area contributed by atoms with E-state index in [1.165, 1.54) is 0 Å². The molecule has 0 N–H and O–H groups in total. The van der Waals surface area contributed by atoms with Gasteiger partial charge in [0.1, 0.15) is 0 Å². The summed E-state index contributed by atoms with van der Waals surface area (Å²) in [5, 5.41) is 0.732. The van der Waals surface area contributed by atoms with Gasteiger partial charge in [-0.3, -0.25) is 0 Å². The van der Waals surface area contributed by atoms with Gasteiger partial charge in [-0.1, -0.05) is 30.7 Å². The number of hydrogen-bond acceptors (Lipinski definition) is 2. The molecule has 1 aromatic rings. The van der Waals surface area contributed by atoms with Crippen molar-refractivity contribution in [2.75, 3.05) is 6.61 Å². The van der Waals surface area contributed by atoms with E-state index in [1.54, 1.807) is 0 Å². The highest BCUT2D eigenvalue weighted by molar-refractivity contribution is 6.30. The smallest absolute Gasteiger partial charge is 0.195 e. The summed E-state index contributed by atoms with van der Waals surface area (Å²) in [5.74, 6) is -0.565. The average Bonchev–Trinajstić information content (AvgIpc) is 2.62. The fourth-order valence-corrected chi connectivity index (χ4v) is 2.02. The van der Waals surface area contributed by atoms with Gasteiger partial charge in [-0.05, 0) is 19.1 Å². The van der Waals surface area contributed by atoms with E-state index >= 15 is 0 Å². The molecule has 82 valence electrons. The first-order valence-electron chi connectivity index (χ1n) is 5.24. The molecule has 0 aromatic heterocycles. The van der Waals surface area contributed by atoms with Crippen LogP contribution in [0.4, 0.5) is 0 Å². The molecule has 3 heteroatoms. The number of ether oxygens (including phenoxy) is 2. The Hall–Kier alpha value is -0.570. The molecule has 1 saturated heterocycles. The molecule has 2 atom stereocenters. The van der Waals surface area contributed by atoms with Crippen LogP contribution < -0.4 is 0 Å². The second-order valence-corrected chi connectivity index (χ2v) is 4.29. The predicted octanol–water partition coefficient (Wildman–Crippen LogP) is 3.34. The Morgan fingerprint density at radius 2 is 2.07 bits per heavy atom. The Morgan fingerprint density at radius 1 is 1.40 bits per heavy atom. The Kier molecular flexibility index (Phi) is 3.01. The molecule has 1 aliphatic rings. The molecule has 0 aliphatic carbocycles. The molecular formula is C12H15ClO2. The van der Waals surface area contributed by atoms with Gasteiger partial charge in [0, 0.05) is 17.0 Å². The van der Waals surface area contributed by atoms with Crippen LogP contribution in [0.2, 0.25) is 5.02 Å². The van der Waals surface area contributed by atoms with Crippen molar-refractivity contribution in [3.63, 3.8) is 0 Å². The largest absolute Gasteiger partial charge is 0.343 e. The third-order valence-corrected chi connectivity index (χ3v) is 2.94. The predicted molar refractivity (Wildman–Crippen MR) is 59.9 cm³/mol. The van der Waals surface area contributed by atoms with E-state index < -0.39 is 5.79 Å². The minimum atomic E-state index is -0.565. The highest BCUT2D eigenvalue weighted by Crippen LogP contribution is 2.37. The number of halogens is 1. The average molecular weight is 227 g/mol. The van der Waals surface area contributed by atoms with E-state index in [0.29, 0.717) is 6.61 Å². The van der Waals surface area contributed by atoms with Gasteiger partial charge in [0.05, 0.1) is 12.7 Å². The Bertz CT molecular complexity index is 336. The van der Waals surface area contributed by atoms with Gasteiger partial charge in [0.15, 0.2) is 5.79 Å². The maximum Gasteiger partial charge on any atom is 0.195 e. The second-order valence-electron chi connectivity index (χ2n) is 3.85. The Morgan fingerprint density at radius 3 is 2.53 bits per heavy atom. The minimum Gasteiger partial charge on any atom is -0.343 e. The monoisotopic (exact) mass is 226 g/mol. The molecule has 1 aliphatic heterocycles. The van der Waals surface area contributed by atoms with Gasteiger partial charge in [-0.2, -0.15) is 0 Å². The normalized spacial score (nSPS) is 30.7. The lowest BCUT2D eigenvalue weighted by Gasteiger charge is -2.26. The van der Waals surface area contributed by atoms with Crippen LogP contribution in [0.5, 0.6) is 0 Å². The first-order chi connectivity index (χ1) is 7.16. The molecule has 2 rings (SSSR count). The van der Waals surface area contributed by atoms with E-state index in [-0.39, 0.29) is 6.10 Å². The fraction of sp³-hybridized carbons (Fsp3) is 0.500. The van der Waals surface area contributed by atoms with E-state index in [4.69, 9.17) is 21.1 Å². The van der Waals surface area contributed by atoms with Crippen molar-refractivity contribution in [3.05, 3.63) is 34.9 Å². The van der Waals surface area contributed by atoms with E-state index in [0.717, 1.165) is 17.0 Å². The van der Waals surface area contributed by atoms with Crippen LogP contribution in [0.3, 0.4) is 0 Å². The van der Waals surface area contributed by atoms with Gasteiger partial charge in [-0.15, -0.1) is 0 Å². The SMILES string of the molecule is CCC1(c2ccc(Cl)cc2)OCC(C)O1. The molecule has 2 unspecified atom stereocenters. The number of rotatable bonds is 2. The summed E-state index contributed by atoms with van der Waals surface area (Å²) in [4.78, 5) is 0. The molecule has 0 amide bonds. The van der Waals surface area contributed by atoms with Crippen LogP contribution in [-0.2, 0) is 15.3 Å². The van der Waals surface area contributed by atoms with Crippen molar-refractivity contribution in [3.8, 4) is 0 Å². The molecule has 0 saturated carbocycles. The zero-order chi connectivity index (χ0) is 10.9. The molecule has 2 nitrogen and oxygen atoms in total. The van der Waals surface area contributed by atoms with Crippen molar-refractivity contribution in [1.29, 1.82) is 0 Å². The van der Waals surface area contributed by atoms with Crippen LogP contribution in [0.1, 0.15) is 25.8 Å². The lowest BCUT2D eigenvalue weighted by Crippen LogP contribution is -2.26. The van der Waals surface area contributed by atoms with Gasteiger partial charge in [-0.25, -0.2) is 0 Å². The molecule has 0 bridgehead atoms. The van der Waals surface area contributed by atoms with Crippen LogP contribution in [0.15, 0.2) is 24.3 Å². The molecule has 1 aromatic carbocycles. The summed E-state index contributed by atoms with van der Waals surface area (Å²) in [6.07, 6.45) is 0.958. The second kappa shape index (κ2) is 4.12. The topological polar surface area (TPSA) is 18.5 Å². The van der Waals surface area contributed by atoms with Crippen LogP contribution in [0.25, 0.3) is 0 Å². The number of hydrogen-bond donors (Lipinski definition) is 0. The van der Waals surface area contributed by atoms with Crippen LogP contribution in [0, 0.1) is 0 Å². The quantitative estimate of drug-likeness (QED) is 0.770. The van der Waals surface area contributed by atoms with E-state index in [9.17, 15) is 0 Å². The summed E-state index contributed by atoms with van der Waals surface area (Å²) in [5.41, 5.74) is 1.04. The van der Waals surface area contributed by atoms with Gasteiger partial charge >= 0.3 is 0 Å². The summed E-state index contributed by atoms with van der Waals surface area (Å²) in [6.45, 7) is 4.73. The molecule has 0 spiro atoms. The maximum atomic E-state index is 5.86. The van der Waals surface area contributed by atoms with Crippen molar-refractivity contribution in [2.24, 2.45) is 0 Å². The third-order valence-electron chi connectivity index (χ3n) is 2.69.